The molecule has 2 N–H and O–H groups in total. The van der Waals surface area contributed by atoms with Crippen LogP contribution in [0, 0.1) is 20.8 Å². The first-order valence-corrected chi connectivity index (χ1v) is 3.63. The van der Waals surface area contributed by atoms with Gasteiger partial charge in [0, 0.05) is 0 Å². The molecule has 0 amide bonds. The highest BCUT2D eigenvalue weighted by atomic mass is 16.5. The molecule has 0 aliphatic heterocycles. The molecule has 0 spiro atoms. The highest BCUT2D eigenvalue weighted by Crippen LogP contribution is 2.18. The van der Waals surface area contributed by atoms with E-state index < -0.39 is 0 Å². The summed E-state index contributed by atoms with van der Waals surface area (Å²) in [5.41, 5.74) is 6.45. The Morgan fingerprint density at radius 2 is 1.55 bits per heavy atom. The van der Waals surface area contributed by atoms with Crippen molar-refractivity contribution in [2.75, 3.05) is 5.48 Å². The normalized spacial score (nSPS) is 9.82. The zero-order chi connectivity index (χ0) is 8.43. The number of benzene rings is 1. The molecule has 0 bridgehead atoms. The summed E-state index contributed by atoms with van der Waals surface area (Å²) >= 11 is 0. The second-order valence-corrected chi connectivity index (χ2v) is 2.86. The molecular formula is C9H13NO. The van der Waals surface area contributed by atoms with Gasteiger partial charge in [0.25, 0.3) is 0 Å². The summed E-state index contributed by atoms with van der Waals surface area (Å²) in [6.45, 7) is 6.05. The van der Waals surface area contributed by atoms with E-state index in [1.165, 1.54) is 11.1 Å². The minimum atomic E-state index is 0.785. The van der Waals surface area contributed by atoms with Crippen LogP contribution in [0.25, 0.3) is 0 Å². The van der Waals surface area contributed by atoms with E-state index in [1.807, 2.05) is 26.0 Å². The zero-order valence-corrected chi connectivity index (χ0v) is 7.10. The monoisotopic (exact) mass is 151 g/mol. The summed E-state index contributed by atoms with van der Waals surface area (Å²) in [6, 6.07) is 3.98. The van der Waals surface area contributed by atoms with E-state index in [2.05, 4.69) is 12.4 Å². The SMILES string of the molecule is Cc1cc(C)c(NO)cc1C. The van der Waals surface area contributed by atoms with Gasteiger partial charge in [-0.2, -0.15) is 0 Å². The van der Waals surface area contributed by atoms with Gasteiger partial charge in [0.15, 0.2) is 0 Å². The van der Waals surface area contributed by atoms with Gasteiger partial charge < -0.3 is 0 Å². The van der Waals surface area contributed by atoms with Crippen molar-refractivity contribution in [1.82, 2.24) is 0 Å². The Morgan fingerprint density at radius 3 is 2.09 bits per heavy atom. The van der Waals surface area contributed by atoms with Crippen LogP contribution in [0.1, 0.15) is 16.7 Å². The standard InChI is InChI=1S/C9H13NO/c1-6-4-8(3)9(10-11)5-7(6)2/h4-5,10-11H,1-3H3. The van der Waals surface area contributed by atoms with Gasteiger partial charge in [-0.15, -0.1) is 0 Å². The summed E-state index contributed by atoms with van der Waals surface area (Å²) in [4.78, 5) is 0. The molecule has 2 heteroatoms. The third-order valence-corrected chi connectivity index (χ3v) is 1.96. The Hall–Kier alpha value is -1.02. The molecule has 60 valence electrons. The molecule has 11 heavy (non-hydrogen) atoms. The van der Waals surface area contributed by atoms with Gasteiger partial charge in [0.2, 0.25) is 0 Å². The van der Waals surface area contributed by atoms with Crippen molar-refractivity contribution in [3.05, 3.63) is 28.8 Å². The molecule has 0 saturated carbocycles. The molecule has 1 aromatic carbocycles. The van der Waals surface area contributed by atoms with Crippen LogP contribution in [0.4, 0.5) is 5.69 Å². The molecule has 1 rings (SSSR count). The van der Waals surface area contributed by atoms with Crippen molar-refractivity contribution in [1.29, 1.82) is 0 Å². The molecule has 0 heterocycles. The molecule has 0 aliphatic rings. The highest BCUT2D eigenvalue weighted by Gasteiger charge is 1.98. The number of aryl methyl sites for hydroxylation is 3. The molecule has 2 nitrogen and oxygen atoms in total. The molecule has 0 fully saturated rings. The van der Waals surface area contributed by atoms with Gasteiger partial charge in [-0.1, -0.05) is 6.07 Å². The summed E-state index contributed by atoms with van der Waals surface area (Å²) in [5, 5.41) is 8.68. The third kappa shape index (κ3) is 1.52. The lowest BCUT2D eigenvalue weighted by atomic mass is 10.1. The Bertz CT molecular complexity index is 269. The Kier molecular flexibility index (Phi) is 2.15. The maximum absolute atomic E-state index is 8.68. The number of hydrogen-bond acceptors (Lipinski definition) is 2. The highest BCUT2D eigenvalue weighted by molar-refractivity contribution is 5.53. The Labute approximate surface area is 66.8 Å². The molecule has 0 atom stereocenters. The summed E-state index contributed by atoms with van der Waals surface area (Å²) in [6.07, 6.45) is 0. The first-order chi connectivity index (χ1) is 5.15. The van der Waals surface area contributed by atoms with Gasteiger partial charge in [-0.05, 0) is 43.5 Å². The van der Waals surface area contributed by atoms with Gasteiger partial charge >= 0.3 is 0 Å². The van der Waals surface area contributed by atoms with Gasteiger partial charge in [-0.3, -0.25) is 10.7 Å². The van der Waals surface area contributed by atoms with E-state index in [1.54, 1.807) is 0 Å². The smallest absolute Gasteiger partial charge is 0.0634 e. The van der Waals surface area contributed by atoms with Crippen LogP contribution < -0.4 is 5.48 Å². The number of anilines is 1. The lowest BCUT2D eigenvalue weighted by Crippen LogP contribution is -1.94. The summed E-state index contributed by atoms with van der Waals surface area (Å²) in [5.74, 6) is 0. The van der Waals surface area contributed by atoms with Crippen molar-refractivity contribution < 1.29 is 5.21 Å². The van der Waals surface area contributed by atoms with Crippen LogP contribution in [0.15, 0.2) is 12.1 Å². The second kappa shape index (κ2) is 2.93. The maximum atomic E-state index is 8.68. The van der Waals surface area contributed by atoms with Crippen LogP contribution in [0.5, 0.6) is 0 Å². The fourth-order valence-electron chi connectivity index (χ4n) is 1.08. The third-order valence-electron chi connectivity index (χ3n) is 1.96. The molecule has 0 unspecified atom stereocenters. The van der Waals surface area contributed by atoms with Gasteiger partial charge in [0.1, 0.15) is 0 Å². The minimum absolute atomic E-state index is 0.785. The van der Waals surface area contributed by atoms with Crippen molar-refractivity contribution >= 4 is 5.69 Å². The van der Waals surface area contributed by atoms with Crippen molar-refractivity contribution in [3.63, 3.8) is 0 Å². The molecule has 1 aromatic rings. The molecular weight excluding hydrogens is 138 g/mol. The van der Waals surface area contributed by atoms with Crippen LogP contribution in [0.2, 0.25) is 0 Å². The summed E-state index contributed by atoms with van der Waals surface area (Å²) in [7, 11) is 0. The molecule has 0 aromatic heterocycles. The average molecular weight is 151 g/mol. The Balaban J connectivity index is 3.21. The van der Waals surface area contributed by atoms with Crippen LogP contribution in [-0.4, -0.2) is 5.21 Å². The largest absolute Gasteiger partial charge is 0.291 e. The molecule has 0 saturated heterocycles. The predicted molar refractivity (Wildman–Crippen MR) is 46.1 cm³/mol. The van der Waals surface area contributed by atoms with E-state index in [0.29, 0.717) is 0 Å². The second-order valence-electron chi connectivity index (χ2n) is 2.86. The first kappa shape index (κ1) is 8.08. The fraction of sp³-hybridized carbons (Fsp3) is 0.333. The average Bonchev–Trinajstić information content (AvgIpc) is 1.97. The molecule has 0 aliphatic carbocycles. The zero-order valence-electron chi connectivity index (χ0n) is 7.10. The predicted octanol–water partition coefficient (Wildman–Crippen LogP) is 2.41. The van der Waals surface area contributed by atoms with E-state index in [-0.39, 0.29) is 0 Å². The lowest BCUT2D eigenvalue weighted by Gasteiger charge is -2.07. The van der Waals surface area contributed by atoms with Gasteiger partial charge in [0.05, 0.1) is 5.69 Å². The van der Waals surface area contributed by atoms with E-state index in [0.717, 1.165) is 11.3 Å². The van der Waals surface area contributed by atoms with E-state index in [9.17, 15) is 0 Å². The van der Waals surface area contributed by atoms with Crippen molar-refractivity contribution in [3.8, 4) is 0 Å². The van der Waals surface area contributed by atoms with Crippen molar-refractivity contribution in [2.45, 2.75) is 20.8 Å². The van der Waals surface area contributed by atoms with Crippen LogP contribution in [-0.2, 0) is 0 Å². The maximum Gasteiger partial charge on any atom is 0.0634 e. The van der Waals surface area contributed by atoms with Crippen LogP contribution >= 0.6 is 0 Å². The lowest BCUT2D eigenvalue weighted by molar-refractivity contribution is 0.388. The number of hydrogen-bond donors (Lipinski definition) is 2. The Morgan fingerprint density at radius 1 is 1.00 bits per heavy atom. The minimum Gasteiger partial charge on any atom is -0.291 e. The van der Waals surface area contributed by atoms with Crippen molar-refractivity contribution in [2.24, 2.45) is 0 Å². The van der Waals surface area contributed by atoms with Gasteiger partial charge in [-0.25, -0.2) is 0 Å². The topological polar surface area (TPSA) is 32.3 Å². The van der Waals surface area contributed by atoms with Crippen LogP contribution in [0.3, 0.4) is 0 Å². The number of nitrogens with one attached hydrogen (secondary N) is 1. The summed E-state index contributed by atoms with van der Waals surface area (Å²) < 4.78 is 0. The number of rotatable bonds is 1. The van der Waals surface area contributed by atoms with E-state index in [4.69, 9.17) is 5.21 Å². The van der Waals surface area contributed by atoms with E-state index >= 15 is 0 Å². The quantitative estimate of drug-likeness (QED) is 0.604. The fourth-order valence-corrected chi connectivity index (χ4v) is 1.08. The first-order valence-electron chi connectivity index (χ1n) is 3.63. The molecule has 0 radical (unpaired) electrons.